The minimum absolute atomic E-state index is 0.165. The number of carbonyl (C=O) groups excluding carboxylic acids is 1. The highest BCUT2D eigenvalue weighted by molar-refractivity contribution is 6.30. The molecule has 2 rings (SSSR count). The topological polar surface area (TPSA) is 29.5 Å². The van der Waals surface area contributed by atoms with Crippen molar-refractivity contribution in [1.82, 2.24) is 4.90 Å². The molecule has 0 aliphatic rings. The van der Waals surface area contributed by atoms with Crippen LogP contribution in [0.4, 0.5) is 4.39 Å². The maximum Gasteiger partial charge on any atom is 0.246 e. The molecule has 2 aromatic carbocycles. The van der Waals surface area contributed by atoms with Crippen LogP contribution in [0.25, 0.3) is 6.08 Å². The number of para-hydroxylation sites is 1. The zero-order valence-electron chi connectivity index (χ0n) is 12.7. The first-order valence-electron chi connectivity index (χ1n) is 7.12. The molecule has 0 unspecified atom stereocenters. The van der Waals surface area contributed by atoms with Gasteiger partial charge in [0, 0.05) is 18.1 Å². The number of likely N-dealkylation sites (N-methyl/N-ethyl adjacent to an activating group) is 1. The van der Waals surface area contributed by atoms with E-state index in [1.807, 2.05) is 12.1 Å². The van der Waals surface area contributed by atoms with Gasteiger partial charge >= 0.3 is 0 Å². The van der Waals surface area contributed by atoms with Gasteiger partial charge in [-0.15, -0.1) is 0 Å². The number of halogens is 2. The highest BCUT2D eigenvalue weighted by Gasteiger charge is 2.06. The van der Waals surface area contributed by atoms with Crippen molar-refractivity contribution < 1.29 is 13.9 Å². The number of hydrogen-bond donors (Lipinski definition) is 0. The Morgan fingerprint density at radius 2 is 2.04 bits per heavy atom. The normalized spacial score (nSPS) is 10.7. The summed E-state index contributed by atoms with van der Waals surface area (Å²) in [6.07, 6.45) is 3.16. The summed E-state index contributed by atoms with van der Waals surface area (Å²) in [6.45, 7) is 0.571. The van der Waals surface area contributed by atoms with Crippen LogP contribution in [-0.2, 0) is 4.79 Å². The molecule has 0 aliphatic heterocycles. The summed E-state index contributed by atoms with van der Waals surface area (Å²) >= 11 is 5.89. The molecule has 120 valence electrons. The van der Waals surface area contributed by atoms with Crippen LogP contribution in [0.5, 0.6) is 5.75 Å². The summed E-state index contributed by atoms with van der Waals surface area (Å²) in [7, 11) is 1.66. The fourth-order valence-corrected chi connectivity index (χ4v) is 2.07. The fraction of sp³-hybridized carbons (Fsp3) is 0.167. The Morgan fingerprint density at radius 1 is 1.26 bits per heavy atom. The van der Waals surface area contributed by atoms with Crippen LogP contribution < -0.4 is 4.74 Å². The van der Waals surface area contributed by atoms with Crippen molar-refractivity contribution in [2.45, 2.75) is 0 Å². The summed E-state index contributed by atoms with van der Waals surface area (Å²) in [6, 6.07) is 13.4. The molecule has 0 radical (unpaired) electrons. The van der Waals surface area contributed by atoms with Gasteiger partial charge < -0.3 is 9.64 Å². The van der Waals surface area contributed by atoms with Crippen molar-refractivity contribution >= 4 is 23.6 Å². The fourth-order valence-electron chi connectivity index (χ4n) is 1.87. The molecule has 0 spiro atoms. The van der Waals surface area contributed by atoms with Crippen LogP contribution in [0.3, 0.4) is 0 Å². The van der Waals surface area contributed by atoms with E-state index in [0.717, 1.165) is 5.56 Å². The summed E-state index contributed by atoms with van der Waals surface area (Å²) in [4.78, 5) is 13.5. The third-order valence-electron chi connectivity index (χ3n) is 3.16. The average Bonchev–Trinajstić information content (AvgIpc) is 2.54. The molecular formula is C18H17ClFNO2. The first-order chi connectivity index (χ1) is 11.1. The molecule has 0 N–H and O–H groups in total. The second-order valence-electron chi connectivity index (χ2n) is 4.93. The molecule has 23 heavy (non-hydrogen) atoms. The van der Waals surface area contributed by atoms with Crippen LogP contribution >= 0.6 is 11.6 Å². The molecule has 0 atom stereocenters. The van der Waals surface area contributed by atoms with E-state index in [4.69, 9.17) is 16.3 Å². The first-order valence-corrected chi connectivity index (χ1v) is 7.50. The molecule has 3 nitrogen and oxygen atoms in total. The van der Waals surface area contributed by atoms with Crippen molar-refractivity contribution in [3.8, 4) is 5.75 Å². The molecule has 5 heteroatoms. The zero-order chi connectivity index (χ0) is 16.7. The van der Waals surface area contributed by atoms with Gasteiger partial charge in [-0.2, -0.15) is 0 Å². The lowest BCUT2D eigenvalue weighted by Crippen LogP contribution is -2.29. The van der Waals surface area contributed by atoms with Gasteiger partial charge in [0.05, 0.1) is 6.54 Å². The van der Waals surface area contributed by atoms with Crippen molar-refractivity contribution in [1.29, 1.82) is 0 Å². The predicted octanol–water partition coefficient (Wildman–Crippen LogP) is 4.03. The van der Waals surface area contributed by atoms with Crippen LogP contribution in [0.1, 0.15) is 5.56 Å². The van der Waals surface area contributed by atoms with E-state index >= 15 is 0 Å². The largest absolute Gasteiger partial charge is 0.489 e. The van der Waals surface area contributed by atoms with E-state index in [2.05, 4.69) is 0 Å². The molecule has 0 saturated heterocycles. The number of amides is 1. The Labute approximate surface area is 139 Å². The van der Waals surface area contributed by atoms with Crippen molar-refractivity contribution in [2.24, 2.45) is 0 Å². The van der Waals surface area contributed by atoms with E-state index in [0.29, 0.717) is 11.6 Å². The molecule has 2 aromatic rings. The SMILES string of the molecule is CN(CCOc1ccccc1F)C(=O)/C=C/c1cccc(Cl)c1. The number of benzene rings is 2. The molecular weight excluding hydrogens is 317 g/mol. The van der Waals surface area contributed by atoms with E-state index in [-0.39, 0.29) is 18.3 Å². The second-order valence-corrected chi connectivity index (χ2v) is 5.36. The van der Waals surface area contributed by atoms with Gasteiger partial charge in [0.2, 0.25) is 5.91 Å². The lowest BCUT2D eigenvalue weighted by molar-refractivity contribution is -0.125. The van der Waals surface area contributed by atoms with E-state index < -0.39 is 5.82 Å². The van der Waals surface area contributed by atoms with Gasteiger partial charge in [-0.3, -0.25) is 4.79 Å². The summed E-state index contributed by atoms with van der Waals surface area (Å²) < 4.78 is 18.7. The number of carbonyl (C=O) groups is 1. The predicted molar refractivity (Wildman–Crippen MR) is 90.0 cm³/mol. The van der Waals surface area contributed by atoms with Crippen LogP contribution in [0.2, 0.25) is 5.02 Å². The highest BCUT2D eigenvalue weighted by atomic mass is 35.5. The van der Waals surface area contributed by atoms with Gasteiger partial charge in [-0.05, 0) is 35.9 Å². The smallest absolute Gasteiger partial charge is 0.246 e. The Kier molecular flexibility index (Phi) is 6.18. The minimum Gasteiger partial charge on any atom is -0.489 e. The van der Waals surface area contributed by atoms with Gasteiger partial charge in [-0.25, -0.2) is 4.39 Å². The van der Waals surface area contributed by atoms with Gasteiger partial charge in [0.25, 0.3) is 0 Å². The zero-order valence-corrected chi connectivity index (χ0v) is 13.5. The van der Waals surface area contributed by atoms with Crippen molar-refractivity contribution in [3.63, 3.8) is 0 Å². The second kappa shape index (κ2) is 8.34. The first kappa shape index (κ1) is 17.0. The maximum atomic E-state index is 13.4. The number of rotatable bonds is 6. The molecule has 0 saturated carbocycles. The maximum absolute atomic E-state index is 13.4. The Hall–Kier alpha value is -2.33. The van der Waals surface area contributed by atoms with Gasteiger partial charge in [0.15, 0.2) is 11.6 Å². The number of hydrogen-bond acceptors (Lipinski definition) is 2. The highest BCUT2D eigenvalue weighted by Crippen LogP contribution is 2.15. The molecule has 1 amide bonds. The lowest BCUT2D eigenvalue weighted by atomic mass is 10.2. The minimum atomic E-state index is -0.415. The summed E-state index contributed by atoms with van der Waals surface area (Å²) in [5.41, 5.74) is 0.849. The summed E-state index contributed by atoms with van der Waals surface area (Å²) in [5, 5.41) is 0.617. The van der Waals surface area contributed by atoms with Gasteiger partial charge in [-0.1, -0.05) is 35.9 Å². The van der Waals surface area contributed by atoms with E-state index in [1.165, 1.54) is 17.0 Å². The lowest BCUT2D eigenvalue weighted by Gasteiger charge is -2.15. The standard InChI is InChI=1S/C18H17ClFNO2/c1-21(11-12-23-17-8-3-2-7-16(17)20)18(22)10-9-14-5-4-6-15(19)13-14/h2-10,13H,11-12H2,1H3/b10-9+. The molecule has 0 fully saturated rings. The van der Waals surface area contributed by atoms with Crippen LogP contribution in [-0.4, -0.2) is 31.0 Å². The van der Waals surface area contributed by atoms with Crippen molar-refractivity contribution in [2.75, 3.05) is 20.2 Å². The Bertz CT molecular complexity index is 703. The third-order valence-corrected chi connectivity index (χ3v) is 3.40. The van der Waals surface area contributed by atoms with Crippen molar-refractivity contribution in [3.05, 3.63) is 71.0 Å². The van der Waals surface area contributed by atoms with Gasteiger partial charge in [0.1, 0.15) is 6.61 Å². The monoisotopic (exact) mass is 333 g/mol. The molecule has 0 heterocycles. The van der Waals surface area contributed by atoms with Crippen LogP contribution in [0.15, 0.2) is 54.6 Å². The van der Waals surface area contributed by atoms with E-state index in [9.17, 15) is 9.18 Å². The number of nitrogens with zero attached hydrogens (tertiary/aromatic N) is 1. The number of ether oxygens (including phenoxy) is 1. The average molecular weight is 334 g/mol. The Morgan fingerprint density at radius 3 is 2.78 bits per heavy atom. The molecule has 0 aromatic heterocycles. The molecule has 0 aliphatic carbocycles. The molecule has 0 bridgehead atoms. The van der Waals surface area contributed by atoms with Crippen LogP contribution in [0, 0.1) is 5.82 Å². The summed E-state index contributed by atoms with van der Waals surface area (Å²) in [5.74, 6) is -0.396. The Balaban J connectivity index is 1.82. The quantitative estimate of drug-likeness (QED) is 0.747. The third kappa shape index (κ3) is 5.42. The van der Waals surface area contributed by atoms with E-state index in [1.54, 1.807) is 43.5 Å².